The van der Waals surface area contributed by atoms with E-state index in [0.717, 1.165) is 27.9 Å². The Balaban J connectivity index is 1.13. The predicted octanol–water partition coefficient (Wildman–Crippen LogP) is 2.87. The van der Waals surface area contributed by atoms with Gasteiger partial charge in [-0.15, -0.1) is 5.10 Å². The summed E-state index contributed by atoms with van der Waals surface area (Å²) in [7, 11) is 0. The maximum absolute atomic E-state index is 12.9. The average molecular weight is 513 g/mol. The van der Waals surface area contributed by atoms with E-state index in [0.29, 0.717) is 56.9 Å². The predicted molar refractivity (Wildman–Crippen MR) is 139 cm³/mol. The van der Waals surface area contributed by atoms with Gasteiger partial charge in [0.25, 0.3) is 11.7 Å². The number of hydrogen-bond donors (Lipinski definition) is 1. The molecule has 10 nitrogen and oxygen atoms in total. The molecule has 0 saturated carbocycles. The second-order valence-corrected chi connectivity index (χ2v) is 9.63. The summed E-state index contributed by atoms with van der Waals surface area (Å²) in [6, 6.07) is 14.8. The lowest BCUT2D eigenvalue weighted by atomic mass is 9.96. The molecule has 0 radical (unpaired) electrons. The number of nitrogens with one attached hydrogen (secondary N) is 1. The van der Waals surface area contributed by atoms with Gasteiger partial charge in [-0.3, -0.25) is 24.0 Å². The van der Waals surface area contributed by atoms with E-state index in [9.17, 15) is 14.4 Å². The van der Waals surface area contributed by atoms with Crippen LogP contribution in [-0.4, -0.2) is 61.7 Å². The molecule has 1 atom stereocenters. The summed E-state index contributed by atoms with van der Waals surface area (Å²) in [5.41, 5.74) is 5.19. The maximum atomic E-state index is 12.9. The molecular formula is C28H28N6O4. The number of benzene rings is 2. The van der Waals surface area contributed by atoms with Gasteiger partial charge in [-0.05, 0) is 37.1 Å². The van der Waals surface area contributed by atoms with Gasteiger partial charge in [0.2, 0.25) is 0 Å². The summed E-state index contributed by atoms with van der Waals surface area (Å²) >= 11 is 0. The van der Waals surface area contributed by atoms with Gasteiger partial charge < -0.3 is 14.6 Å². The van der Waals surface area contributed by atoms with Gasteiger partial charge in [-0.2, -0.15) is 0 Å². The van der Waals surface area contributed by atoms with Crippen molar-refractivity contribution in [3.05, 3.63) is 77.2 Å². The number of aryl methyl sites for hydroxylation is 1. The molecule has 10 heteroatoms. The Morgan fingerprint density at radius 3 is 2.79 bits per heavy atom. The third kappa shape index (κ3) is 4.26. The molecule has 4 aromatic rings. The minimum atomic E-state index is -0.489. The fraction of sp³-hybridized carbons (Fsp3) is 0.321. The summed E-state index contributed by atoms with van der Waals surface area (Å²) in [6.07, 6.45) is 3.05. The minimum absolute atomic E-state index is 0.235. The van der Waals surface area contributed by atoms with E-state index in [1.54, 1.807) is 22.9 Å². The van der Waals surface area contributed by atoms with Crippen molar-refractivity contribution in [3.63, 3.8) is 0 Å². The number of rotatable bonds is 8. The number of esters is 1. The van der Waals surface area contributed by atoms with Crippen LogP contribution in [0.15, 0.2) is 54.7 Å². The van der Waals surface area contributed by atoms with E-state index >= 15 is 0 Å². The number of amides is 1. The van der Waals surface area contributed by atoms with Crippen LogP contribution in [0.25, 0.3) is 10.9 Å². The highest BCUT2D eigenvalue weighted by molar-refractivity contribution is 6.52. The molecule has 0 unspecified atom stereocenters. The highest BCUT2D eigenvalue weighted by atomic mass is 16.5. The normalized spacial score (nSPS) is 17.2. The summed E-state index contributed by atoms with van der Waals surface area (Å²) in [5, 5.41) is 9.73. The first-order valence-electron chi connectivity index (χ1n) is 12.9. The van der Waals surface area contributed by atoms with Crippen molar-refractivity contribution >= 4 is 34.3 Å². The number of fused-ring (bicyclic) bond motifs is 4. The Bertz CT molecular complexity index is 1540. The Morgan fingerprint density at radius 1 is 1.11 bits per heavy atom. The van der Waals surface area contributed by atoms with Crippen molar-refractivity contribution in [2.75, 3.05) is 18.1 Å². The zero-order valence-electron chi connectivity index (χ0n) is 21.1. The molecule has 2 aliphatic heterocycles. The van der Waals surface area contributed by atoms with Gasteiger partial charge in [0, 0.05) is 55.4 Å². The Labute approximate surface area is 219 Å². The van der Waals surface area contributed by atoms with Crippen molar-refractivity contribution in [1.82, 2.24) is 24.9 Å². The number of para-hydroxylation sites is 2. The van der Waals surface area contributed by atoms with Crippen LogP contribution in [-0.2, 0) is 40.4 Å². The van der Waals surface area contributed by atoms with E-state index in [4.69, 9.17) is 4.74 Å². The molecule has 0 spiro atoms. The lowest BCUT2D eigenvalue weighted by Crippen LogP contribution is -2.45. The molecule has 1 amide bonds. The van der Waals surface area contributed by atoms with Crippen LogP contribution in [0.3, 0.4) is 0 Å². The van der Waals surface area contributed by atoms with Crippen LogP contribution < -0.4 is 4.90 Å². The molecule has 0 bridgehead atoms. The summed E-state index contributed by atoms with van der Waals surface area (Å²) in [4.78, 5) is 44.6. The van der Waals surface area contributed by atoms with Gasteiger partial charge in [0.15, 0.2) is 0 Å². The first-order valence-corrected chi connectivity index (χ1v) is 12.9. The number of aromatic amines is 1. The monoisotopic (exact) mass is 512 g/mol. The highest BCUT2D eigenvalue weighted by Gasteiger charge is 2.36. The first kappa shape index (κ1) is 24.1. The number of aromatic nitrogens is 4. The highest BCUT2D eigenvalue weighted by Crippen LogP contribution is 2.32. The Morgan fingerprint density at radius 2 is 1.92 bits per heavy atom. The molecule has 2 aromatic heterocycles. The number of hydrogen-bond acceptors (Lipinski definition) is 7. The molecule has 4 heterocycles. The molecule has 2 aromatic carbocycles. The molecule has 194 valence electrons. The molecule has 0 saturated heterocycles. The van der Waals surface area contributed by atoms with Gasteiger partial charge in [-0.25, -0.2) is 0 Å². The SMILES string of the molecule is CCOC(=O)[C@H]1Cc2c([nH]c3ccccc23)CN1Cc1cn(CCCN2C(=O)C(=O)c3ccccc32)nn1. The number of ether oxygens (including phenoxy) is 1. The molecule has 0 fully saturated rings. The second-order valence-electron chi connectivity index (χ2n) is 9.63. The number of carbonyl (C=O) groups excluding carboxylic acids is 3. The van der Waals surface area contributed by atoms with Crippen molar-refractivity contribution in [1.29, 1.82) is 0 Å². The number of H-pyrrole nitrogens is 1. The topological polar surface area (TPSA) is 113 Å². The van der Waals surface area contributed by atoms with Crippen LogP contribution in [0.4, 0.5) is 5.69 Å². The van der Waals surface area contributed by atoms with Gasteiger partial charge in [0.1, 0.15) is 6.04 Å². The maximum Gasteiger partial charge on any atom is 0.323 e. The van der Waals surface area contributed by atoms with E-state index in [1.807, 2.05) is 37.4 Å². The number of carbonyl (C=O) groups is 3. The molecule has 6 rings (SSSR count). The van der Waals surface area contributed by atoms with E-state index in [1.165, 1.54) is 4.90 Å². The molecular weight excluding hydrogens is 484 g/mol. The standard InChI is InChI=1S/C28H28N6O4/c1-2-38-28(37)25-14-21-19-8-3-5-10-22(19)29-23(21)17-32(25)15-18-16-33(31-30-18)12-7-13-34-24-11-6-4-9-20(24)26(35)27(34)36/h3-6,8-11,16,25,29H,2,7,12-15,17H2,1H3/t25-/m1/s1. The Hall–Kier alpha value is -4.31. The van der Waals surface area contributed by atoms with E-state index in [2.05, 4.69) is 26.3 Å². The largest absolute Gasteiger partial charge is 0.465 e. The third-order valence-corrected chi connectivity index (χ3v) is 7.26. The van der Waals surface area contributed by atoms with Crippen molar-refractivity contribution in [2.24, 2.45) is 0 Å². The van der Waals surface area contributed by atoms with E-state index in [-0.39, 0.29) is 5.97 Å². The van der Waals surface area contributed by atoms with Gasteiger partial charge >= 0.3 is 5.97 Å². The summed E-state index contributed by atoms with van der Waals surface area (Å²) < 4.78 is 7.15. The second kappa shape index (κ2) is 9.86. The van der Waals surface area contributed by atoms with Gasteiger partial charge in [0.05, 0.1) is 23.6 Å². The fourth-order valence-electron chi connectivity index (χ4n) is 5.49. The van der Waals surface area contributed by atoms with Crippen LogP contribution >= 0.6 is 0 Å². The van der Waals surface area contributed by atoms with Crippen molar-refractivity contribution in [3.8, 4) is 0 Å². The number of anilines is 1. The van der Waals surface area contributed by atoms with Crippen molar-refractivity contribution < 1.29 is 19.1 Å². The quantitative estimate of drug-likeness (QED) is 0.285. The van der Waals surface area contributed by atoms with Crippen LogP contribution in [0.1, 0.15) is 40.7 Å². The molecule has 0 aliphatic carbocycles. The van der Waals surface area contributed by atoms with E-state index < -0.39 is 17.7 Å². The smallest absolute Gasteiger partial charge is 0.323 e. The number of Topliss-reactive ketones (excluding diaryl/α,β-unsaturated/α-hetero) is 1. The number of ketones is 1. The first-order chi connectivity index (χ1) is 18.5. The molecule has 2 aliphatic rings. The lowest BCUT2D eigenvalue weighted by molar-refractivity contribution is -0.150. The zero-order chi connectivity index (χ0) is 26.2. The molecule has 38 heavy (non-hydrogen) atoms. The summed E-state index contributed by atoms with van der Waals surface area (Å²) in [5.74, 6) is -1.18. The fourth-order valence-corrected chi connectivity index (χ4v) is 5.49. The van der Waals surface area contributed by atoms with Crippen LogP contribution in [0, 0.1) is 0 Å². The lowest BCUT2D eigenvalue weighted by Gasteiger charge is -2.33. The Kier molecular flexibility index (Phi) is 6.24. The van der Waals surface area contributed by atoms with Crippen LogP contribution in [0.2, 0.25) is 0 Å². The minimum Gasteiger partial charge on any atom is -0.465 e. The van der Waals surface area contributed by atoms with Gasteiger partial charge in [-0.1, -0.05) is 35.5 Å². The van der Waals surface area contributed by atoms with Crippen LogP contribution in [0.5, 0.6) is 0 Å². The number of nitrogens with zero attached hydrogens (tertiary/aromatic N) is 5. The molecule has 1 N–H and O–H groups in total. The average Bonchev–Trinajstić information content (AvgIpc) is 3.59. The van der Waals surface area contributed by atoms with Crippen molar-refractivity contribution in [2.45, 2.75) is 45.4 Å². The zero-order valence-corrected chi connectivity index (χ0v) is 21.1. The summed E-state index contributed by atoms with van der Waals surface area (Å²) in [6.45, 7) is 4.13. The third-order valence-electron chi connectivity index (χ3n) is 7.26.